The molecular formula is C20H22F3NO5S. The molecule has 0 heterocycles. The van der Waals surface area contributed by atoms with Crippen LogP contribution in [0.2, 0.25) is 0 Å². The average molecular weight is 445 g/mol. The van der Waals surface area contributed by atoms with E-state index in [0.29, 0.717) is 32.2 Å². The molecule has 0 saturated carbocycles. The Morgan fingerprint density at radius 1 is 1.10 bits per heavy atom. The van der Waals surface area contributed by atoms with Gasteiger partial charge < -0.3 is 13.8 Å². The number of nitrogens with zero attached hydrogens (tertiary/aromatic N) is 1. The van der Waals surface area contributed by atoms with E-state index in [1.807, 2.05) is 0 Å². The third-order valence-corrected chi connectivity index (χ3v) is 5.42. The van der Waals surface area contributed by atoms with E-state index < -0.39 is 26.8 Å². The van der Waals surface area contributed by atoms with Crippen molar-refractivity contribution in [3.63, 3.8) is 0 Å². The predicted molar refractivity (Wildman–Crippen MR) is 103 cm³/mol. The van der Waals surface area contributed by atoms with Crippen LogP contribution in [0.4, 0.5) is 13.2 Å². The maximum atomic E-state index is 12.8. The lowest BCUT2D eigenvalue weighted by Crippen LogP contribution is -2.32. The molecule has 0 aliphatic rings. The SMILES string of the molecule is CCC(=O)N(CCOC)Cc1ccc(OS(=O)(=O)c2cccc(C(F)(F)F)c2)cc1. The van der Waals surface area contributed by atoms with Crippen LogP contribution in [0.1, 0.15) is 24.5 Å². The molecule has 0 atom stereocenters. The Hall–Kier alpha value is -2.59. The third kappa shape index (κ3) is 6.46. The van der Waals surface area contributed by atoms with Gasteiger partial charge in [0, 0.05) is 26.6 Å². The molecular weight excluding hydrogens is 423 g/mol. The Labute approximate surface area is 173 Å². The number of hydrogen-bond donors (Lipinski definition) is 0. The monoisotopic (exact) mass is 445 g/mol. The fourth-order valence-electron chi connectivity index (χ4n) is 2.59. The molecule has 1 amide bonds. The van der Waals surface area contributed by atoms with E-state index in [1.54, 1.807) is 24.0 Å². The van der Waals surface area contributed by atoms with Crippen molar-refractivity contribution < 1.29 is 35.3 Å². The summed E-state index contributed by atoms with van der Waals surface area (Å²) in [7, 11) is -2.91. The Kier molecular flexibility index (Phi) is 7.85. The summed E-state index contributed by atoms with van der Waals surface area (Å²) >= 11 is 0. The van der Waals surface area contributed by atoms with Crippen LogP contribution >= 0.6 is 0 Å². The molecule has 6 nitrogen and oxygen atoms in total. The van der Waals surface area contributed by atoms with E-state index >= 15 is 0 Å². The summed E-state index contributed by atoms with van der Waals surface area (Å²) in [6, 6.07) is 9.26. The van der Waals surface area contributed by atoms with E-state index in [-0.39, 0.29) is 11.7 Å². The average Bonchev–Trinajstić information content (AvgIpc) is 2.71. The first-order chi connectivity index (χ1) is 14.1. The predicted octanol–water partition coefficient (Wildman–Crippen LogP) is 3.86. The molecule has 0 N–H and O–H groups in total. The molecule has 0 aromatic heterocycles. The second kappa shape index (κ2) is 9.94. The minimum absolute atomic E-state index is 0.0542. The van der Waals surface area contributed by atoms with Crippen LogP contribution in [0, 0.1) is 0 Å². The highest BCUT2D eigenvalue weighted by atomic mass is 32.2. The summed E-state index contributed by atoms with van der Waals surface area (Å²) in [5.41, 5.74) is -0.351. The number of ether oxygens (including phenoxy) is 1. The highest BCUT2D eigenvalue weighted by Crippen LogP contribution is 2.31. The van der Waals surface area contributed by atoms with Crippen LogP contribution in [0.5, 0.6) is 5.75 Å². The molecule has 0 aliphatic carbocycles. The van der Waals surface area contributed by atoms with Crippen LogP contribution in [0.3, 0.4) is 0 Å². The van der Waals surface area contributed by atoms with Gasteiger partial charge in [0.1, 0.15) is 10.6 Å². The summed E-state index contributed by atoms with van der Waals surface area (Å²) in [6.45, 7) is 2.84. The van der Waals surface area contributed by atoms with Gasteiger partial charge in [0.25, 0.3) is 0 Å². The minimum atomic E-state index is -4.67. The van der Waals surface area contributed by atoms with E-state index in [1.165, 1.54) is 19.2 Å². The van der Waals surface area contributed by atoms with E-state index in [9.17, 15) is 26.4 Å². The first kappa shape index (κ1) is 23.7. The second-order valence-electron chi connectivity index (χ2n) is 6.37. The van der Waals surface area contributed by atoms with E-state index in [0.717, 1.165) is 23.8 Å². The Morgan fingerprint density at radius 3 is 2.33 bits per heavy atom. The number of rotatable bonds is 9. The zero-order chi connectivity index (χ0) is 22.4. The molecule has 164 valence electrons. The summed E-state index contributed by atoms with van der Waals surface area (Å²) in [6.07, 6.45) is -4.34. The number of carbonyl (C=O) groups excluding carboxylic acids is 1. The van der Waals surface area contributed by atoms with Crippen molar-refractivity contribution >= 4 is 16.0 Å². The lowest BCUT2D eigenvalue weighted by atomic mass is 10.2. The van der Waals surface area contributed by atoms with E-state index in [4.69, 9.17) is 8.92 Å². The van der Waals surface area contributed by atoms with Crippen LogP contribution in [-0.4, -0.2) is 39.5 Å². The van der Waals surface area contributed by atoms with Crippen molar-refractivity contribution in [2.45, 2.75) is 31.0 Å². The van der Waals surface area contributed by atoms with Crippen LogP contribution in [0.25, 0.3) is 0 Å². The molecule has 0 spiro atoms. The molecule has 2 aromatic carbocycles. The van der Waals surface area contributed by atoms with Gasteiger partial charge in [0.2, 0.25) is 5.91 Å². The van der Waals surface area contributed by atoms with Gasteiger partial charge in [-0.25, -0.2) is 0 Å². The highest BCUT2D eigenvalue weighted by molar-refractivity contribution is 7.87. The Balaban J connectivity index is 2.14. The fraction of sp³-hybridized carbons (Fsp3) is 0.350. The molecule has 10 heteroatoms. The third-order valence-electron chi connectivity index (χ3n) is 4.17. The Morgan fingerprint density at radius 2 is 1.77 bits per heavy atom. The number of hydrogen-bond acceptors (Lipinski definition) is 5. The summed E-state index contributed by atoms with van der Waals surface area (Å²) in [4.78, 5) is 13.0. The van der Waals surface area contributed by atoms with Gasteiger partial charge in [0.05, 0.1) is 12.2 Å². The topological polar surface area (TPSA) is 72.9 Å². The summed E-state index contributed by atoms with van der Waals surface area (Å²) < 4.78 is 73.1. The lowest BCUT2D eigenvalue weighted by molar-refractivity contribution is -0.137. The quantitative estimate of drug-likeness (QED) is 0.548. The number of amides is 1. The van der Waals surface area contributed by atoms with Gasteiger partial charge in [-0.1, -0.05) is 25.1 Å². The van der Waals surface area contributed by atoms with Crippen molar-refractivity contribution in [2.24, 2.45) is 0 Å². The van der Waals surface area contributed by atoms with Crippen LogP contribution < -0.4 is 4.18 Å². The summed E-state index contributed by atoms with van der Waals surface area (Å²) in [5, 5.41) is 0. The van der Waals surface area contributed by atoms with Crippen molar-refractivity contribution in [1.29, 1.82) is 0 Å². The van der Waals surface area contributed by atoms with Gasteiger partial charge >= 0.3 is 16.3 Å². The zero-order valence-electron chi connectivity index (χ0n) is 16.5. The lowest BCUT2D eigenvalue weighted by Gasteiger charge is -2.22. The van der Waals surface area contributed by atoms with Gasteiger partial charge in [-0.3, -0.25) is 4.79 Å². The molecule has 0 unspecified atom stereocenters. The maximum absolute atomic E-state index is 12.8. The fourth-order valence-corrected chi connectivity index (χ4v) is 3.57. The smallest absolute Gasteiger partial charge is 0.383 e. The first-order valence-electron chi connectivity index (χ1n) is 9.04. The first-order valence-corrected chi connectivity index (χ1v) is 10.4. The number of carbonyl (C=O) groups is 1. The van der Waals surface area contributed by atoms with Gasteiger partial charge in [0.15, 0.2) is 0 Å². The molecule has 0 aliphatic heterocycles. The summed E-state index contributed by atoms with van der Waals surface area (Å²) in [5.74, 6) is -0.110. The number of alkyl halides is 3. The molecule has 0 fully saturated rings. The molecule has 2 aromatic rings. The van der Waals surface area contributed by atoms with Crippen molar-refractivity contribution in [3.05, 3.63) is 59.7 Å². The van der Waals surface area contributed by atoms with Crippen LogP contribution in [0.15, 0.2) is 53.4 Å². The van der Waals surface area contributed by atoms with Crippen molar-refractivity contribution in [1.82, 2.24) is 4.90 Å². The minimum Gasteiger partial charge on any atom is -0.383 e. The normalized spacial score (nSPS) is 11.9. The van der Waals surface area contributed by atoms with E-state index in [2.05, 4.69) is 0 Å². The maximum Gasteiger partial charge on any atom is 0.416 e. The highest BCUT2D eigenvalue weighted by Gasteiger charge is 2.32. The van der Waals surface area contributed by atoms with Gasteiger partial charge in [-0.2, -0.15) is 21.6 Å². The second-order valence-corrected chi connectivity index (χ2v) is 7.91. The number of benzene rings is 2. The largest absolute Gasteiger partial charge is 0.416 e. The van der Waals surface area contributed by atoms with Crippen LogP contribution in [-0.2, 0) is 32.4 Å². The van der Waals surface area contributed by atoms with Crippen molar-refractivity contribution in [2.75, 3.05) is 20.3 Å². The standard InChI is InChI=1S/C20H22F3NO5S/c1-3-19(25)24(11-12-28-2)14-15-7-9-17(10-8-15)29-30(26,27)18-6-4-5-16(13-18)20(21,22)23/h4-10,13H,3,11-12,14H2,1-2H3. The van der Waals surface area contributed by atoms with Gasteiger partial charge in [-0.05, 0) is 35.9 Å². The number of halogens is 3. The molecule has 0 saturated heterocycles. The molecule has 30 heavy (non-hydrogen) atoms. The zero-order valence-corrected chi connectivity index (χ0v) is 17.3. The van der Waals surface area contributed by atoms with Crippen molar-refractivity contribution in [3.8, 4) is 5.75 Å². The van der Waals surface area contributed by atoms with Gasteiger partial charge in [-0.15, -0.1) is 0 Å². The molecule has 2 rings (SSSR count). The Bertz CT molecular complexity index is 959. The molecule has 0 bridgehead atoms. The molecule has 0 radical (unpaired) electrons. The number of methoxy groups -OCH3 is 1.